The summed E-state index contributed by atoms with van der Waals surface area (Å²) < 4.78 is 5.57. The van der Waals surface area contributed by atoms with Gasteiger partial charge in [-0.3, -0.25) is 0 Å². The molecule has 0 radical (unpaired) electrons. The van der Waals surface area contributed by atoms with Gasteiger partial charge in [-0.2, -0.15) is 0 Å². The largest absolute Gasteiger partial charge is 0.463 e. The lowest BCUT2D eigenvalue weighted by Crippen LogP contribution is -2.37. The summed E-state index contributed by atoms with van der Waals surface area (Å²) in [5, 5.41) is 14.2. The summed E-state index contributed by atoms with van der Waals surface area (Å²) in [6.45, 7) is 4.17. The zero-order valence-electron chi connectivity index (χ0n) is 12.7. The summed E-state index contributed by atoms with van der Waals surface area (Å²) in [7, 11) is 0. The SMILES string of the molecule is Cc1ccc(C(C)(O)CNC(c2ccccc2)C2CC2)o1. The van der Waals surface area contributed by atoms with Crippen molar-refractivity contribution >= 4 is 0 Å². The molecule has 1 fully saturated rings. The molecule has 0 aliphatic heterocycles. The van der Waals surface area contributed by atoms with Crippen LogP contribution in [-0.2, 0) is 5.60 Å². The van der Waals surface area contributed by atoms with Crippen molar-refractivity contribution in [1.29, 1.82) is 0 Å². The summed E-state index contributed by atoms with van der Waals surface area (Å²) in [4.78, 5) is 0. The van der Waals surface area contributed by atoms with Crippen molar-refractivity contribution in [3.8, 4) is 0 Å². The quantitative estimate of drug-likeness (QED) is 0.853. The van der Waals surface area contributed by atoms with Crippen molar-refractivity contribution in [2.45, 2.75) is 38.3 Å². The second kappa shape index (κ2) is 5.66. The average molecular weight is 285 g/mol. The van der Waals surface area contributed by atoms with Crippen LogP contribution in [-0.4, -0.2) is 11.7 Å². The molecule has 2 N–H and O–H groups in total. The van der Waals surface area contributed by atoms with E-state index in [0.717, 1.165) is 5.76 Å². The number of nitrogens with one attached hydrogen (secondary N) is 1. The van der Waals surface area contributed by atoms with Crippen LogP contribution in [0.15, 0.2) is 46.9 Å². The molecule has 1 heterocycles. The highest BCUT2D eigenvalue weighted by molar-refractivity contribution is 5.21. The minimum absolute atomic E-state index is 0.314. The van der Waals surface area contributed by atoms with E-state index in [1.807, 2.05) is 25.1 Å². The lowest BCUT2D eigenvalue weighted by Gasteiger charge is -2.26. The Labute approximate surface area is 126 Å². The van der Waals surface area contributed by atoms with Gasteiger partial charge < -0.3 is 14.8 Å². The van der Waals surface area contributed by atoms with E-state index in [1.165, 1.54) is 18.4 Å². The molecule has 1 aromatic carbocycles. The van der Waals surface area contributed by atoms with Gasteiger partial charge in [-0.15, -0.1) is 0 Å². The van der Waals surface area contributed by atoms with Crippen molar-refractivity contribution in [1.82, 2.24) is 5.32 Å². The van der Waals surface area contributed by atoms with Crippen molar-refractivity contribution < 1.29 is 9.52 Å². The molecule has 2 unspecified atom stereocenters. The molecule has 0 spiro atoms. The molecule has 0 amide bonds. The molecule has 21 heavy (non-hydrogen) atoms. The van der Waals surface area contributed by atoms with Crippen molar-refractivity contribution in [2.75, 3.05) is 6.54 Å². The van der Waals surface area contributed by atoms with E-state index in [9.17, 15) is 5.11 Å². The van der Waals surface area contributed by atoms with Gasteiger partial charge >= 0.3 is 0 Å². The van der Waals surface area contributed by atoms with Crippen LogP contribution in [0, 0.1) is 12.8 Å². The summed E-state index contributed by atoms with van der Waals surface area (Å²) in [6, 6.07) is 14.5. The van der Waals surface area contributed by atoms with E-state index in [-0.39, 0.29) is 0 Å². The molecule has 1 aromatic heterocycles. The molecule has 0 saturated heterocycles. The first-order chi connectivity index (χ1) is 10.1. The fourth-order valence-corrected chi connectivity index (χ4v) is 2.77. The predicted molar refractivity (Wildman–Crippen MR) is 82.9 cm³/mol. The lowest BCUT2D eigenvalue weighted by atomic mass is 9.99. The predicted octanol–water partition coefficient (Wildman–Crippen LogP) is 3.54. The maximum atomic E-state index is 10.6. The first-order valence-corrected chi connectivity index (χ1v) is 7.64. The monoisotopic (exact) mass is 285 g/mol. The number of hydrogen-bond donors (Lipinski definition) is 2. The summed E-state index contributed by atoms with van der Waals surface area (Å²) in [6.07, 6.45) is 2.52. The zero-order valence-corrected chi connectivity index (χ0v) is 12.7. The summed E-state index contributed by atoms with van der Waals surface area (Å²) in [5.74, 6) is 2.13. The standard InChI is InChI=1S/C18H23NO2/c1-13-8-11-16(21-13)18(2,20)12-19-17(15-9-10-15)14-6-4-3-5-7-14/h3-8,11,15,17,19-20H,9-10,12H2,1-2H3. The zero-order chi connectivity index (χ0) is 14.9. The summed E-state index contributed by atoms with van der Waals surface area (Å²) in [5.41, 5.74) is 0.308. The van der Waals surface area contributed by atoms with Crippen LogP contribution in [0.5, 0.6) is 0 Å². The Morgan fingerprint density at radius 2 is 1.95 bits per heavy atom. The van der Waals surface area contributed by atoms with Crippen LogP contribution >= 0.6 is 0 Å². The van der Waals surface area contributed by atoms with Gasteiger partial charge in [0.25, 0.3) is 0 Å². The molecule has 2 atom stereocenters. The van der Waals surface area contributed by atoms with Crippen molar-refractivity contribution in [2.24, 2.45) is 5.92 Å². The molecule has 3 nitrogen and oxygen atoms in total. The Balaban J connectivity index is 1.70. The number of aryl methyl sites for hydroxylation is 1. The maximum Gasteiger partial charge on any atom is 0.136 e. The number of rotatable bonds is 6. The van der Waals surface area contributed by atoms with Gasteiger partial charge in [0.2, 0.25) is 0 Å². The van der Waals surface area contributed by atoms with Crippen LogP contribution in [0.3, 0.4) is 0 Å². The van der Waals surface area contributed by atoms with Crippen LogP contribution in [0.25, 0.3) is 0 Å². The van der Waals surface area contributed by atoms with Crippen LogP contribution in [0.4, 0.5) is 0 Å². The summed E-state index contributed by atoms with van der Waals surface area (Å²) >= 11 is 0. The Bertz CT molecular complexity index is 584. The minimum Gasteiger partial charge on any atom is -0.463 e. The maximum absolute atomic E-state index is 10.6. The average Bonchev–Trinajstić information content (AvgIpc) is 3.20. The number of hydrogen-bond acceptors (Lipinski definition) is 3. The van der Waals surface area contributed by atoms with Crippen LogP contribution < -0.4 is 5.32 Å². The normalized spacial score (nSPS) is 19.2. The third-order valence-electron chi connectivity index (χ3n) is 4.19. The smallest absolute Gasteiger partial charge is 0.136 e. The molecule has 1 aliphatic rings. The van der Waals surface area contributed by atoms with Gasteiger partial charge in [0.1, 0.15) is 17.1 Å². The third kappa shape index (κ3) is 3.36. The van der Waals surface area contributed by atoms with Crippen molar-refractivity contribution in [3.05, 3.63) is 59.5 Å². The molecule has 0 bridgehead atoms. The number of benzene rings is 1. The number of aliphatic hydroxyl groups is 1. The molecule has 3 heteroatoms. The Hall–Kier alpha value is -1.58. The first-order valence-electron chi connectivity index (χ1n) is 7.64. The second-order valence-electron chi connectivity index (χ2n) is 6.29. The van der Waals surface area contributed by atoms with Crippen LogP contribution in [0.2, 0.25) is 0 Å². The van der Waals surface area contributed by atoms with E-state index >= 15 is 0 Å². The number of furan rings is 1. The van der Waals surface area contributed by atoms with E-state index in [2.05, 4.69) is 29.6 Å². The highest BCUT2D eigenvalue weighted by Crippen LogP contribution is 2.41. The fraction of sp³-hybridized carbons (Fsp3) is 0.444. The molecule has 112 valence electrons. The molecular weight excluding hydrogens is 262 g/mol. The van der Waals surface area contributed by atoms with Crippen molar-refractivity contribution in [3.63, 3.8) is 0 Å². The van der Waals surface area contributed by atoms with Gasteiger partial charge in [-0.25, -0.2) is 0 Å². The minimum atomic E-state index is -0.990. The molecular formula is C18H23NO2. The van der Waals surface area contributed by atoms with Gasteiger partial charge in [0.15, 0.2) is 0 Å². The van der Waals surface area contributed by atoms with E-state index in [4.69, 9.17) is 4.42 Å². The van der Waals surface area contributed by atoms with Gasteiger partial charge in [-0.05, 0) is 50.3 Å². The fourth-order valence-electron chi connectivity index (χ4n) is 2.77. The Morgan fingerprint density at radius 3 is 2.52 bits per heavy atom. The van der Waals surface area contributed by atoms with Gasteiger partial charge in [0, 0.05) is 12.6 Å². The lowest BCUT2D eigenvalue weighted by molar-refractivity contribution is 0.0300. The second-order valence-corrected chi connectivity index (χ2v) is 6.29. The molecule has 1 aliphatic carbocycles. The molecule has 3 rings (SSSR count). The third-order valence-corrected chi connectivity index (χ3v) is 4.19. The van der Waals surface area contributed by atoms with E-state index in [0.29, 0.717) is 24.3 Å². The molecule has 2 aromatic rings. The van der Waals surface area contributed by atoms with Gasteiger partial charge in [0.05, 0.1) is 0 Å². The Kier molecular flexibility index (Phi) is 3.87. The van der Waals surface area contributed by atoms with Crippen LogP contribution in [0.1, 0.15) is 42.9 Å². The highest BCUT2D eigenvalue weighted by Gasteiger charge is 2.34. The molecule has 1 saturated carbocycles. The highest BCUT2D eigenvalue weighted by atomic mass is 16.4. The first kappa shape index (κ1) is 14.4. The Morgan fingerprint density at radius 1 is 1.24 bits per heavy atom. The van der Waals surface area contributed by atoms with E-state index < -0.39 is 5.60 Å². The van der Waals surface area contributed by atoms with Gasteiger partial charge in [-0.1, -0.05) is 30.3 Å². The topological polar surface area (TPSA) is 45.4 Å². The van der Waals surface area contributed by atoms with E-state index in [1.54, 1.807) is 6.92 Å².